The van der Waals surface area contributed by atoms with Gasteiger partial charge in [-0.2, -0.15) is 0 Å². The Labute approximate surface area is 102 Å². The van der Waals surface area contributed by atoms with Gasteiger partial charge in [0.1, 0.15) is 0 Å². The van der Waals surface area contributed by atoms with Gasteiger partial charge in [-0.1, -0.05) is 38.1 Å². The van der Waals surface area contributed by atoms with E-state index in [0.29, 0.717) is 5.56 Å². The van der Waals surface area contributed by atoms with E-state index in [9.17, 15) is 9.90 Å². The summed E-state index contributed by atoms with van der Waals surface area (Å²) in [6.07, 6.45) is 0.738. The van der Waals surface area contributed by atoms with Crippen molar-refractivity contribution < 1.29 is 14.6 Å². The van der Waals surface area contributed by atoms with Crippen molar-refractivity contribution in [2.24, 2.45) is 5.41 Å². The van der Waals surface area contributed by atoms with Gasteiger partial charge in [0.25, 0.3) is 0 Å². The molecule has 0 aliphatic rings. The van der Waals surface area contributed by atoms with Crippen LogP contribution in [0.5, 0.6) is 0 Å². The van der Waals surface area contributed by atoms with Crippen LogP contribution in [-0.4, -0.2) is 23.8 Å². The van der Waals surface area contributed by atoms with Gasteiger partial charge in [0.15, 0.2) is 0 Å². The van der Waals surface area contributed by atoms with Crippen LogP contribution in [0.25, 0.3) is 0 Å². The number of hydrogen-bond donors (Lipinski definition) is 1. The van der Waals surface area contributed by atoms with Crippen molar-refractivity contribution in [3.05, 3.63) is 48.6 Å². The van der Waals surface area contributed by atoms with Crippen LogP contribution < -0.4 is 0 Å². The van der Waals surface area contributed by atoms with Gasteiger partial charge in [-0.3, -0.25) is 0 Å². The number of hydrogen-bond acceptors (Lipinski definition) is 3. The zero-order chi connectivity index (χ0) is 12.9. The van der Waals surface area contributed by atoms with E-state index >= 15 is 0 Å². The van der Waals surface area contributed by atoms with Gasteiger partial charge >= 0.3 is 5.97 Å². The standard InChI is InChI=1S/C14H18O3/c1-4-12(15)14(2,3)10-17-13(16)11-8-6-5-7-9-11/h4-9,12,15H,1,10H2,2-3H3/t12-/m0/s1. The number of carbonyl (C=O) groups excluding carboxylic acids is 1. The second-order valence-corrected chi connectivity index (χ2v) is 4.61. The van der Waals surface area contributed by atoms with Crippen LogP contribution in [0, 0.1) is 5.41 Å². The van der Waals surface area contributed by atoms with Gasteiger partial charge < -0.3 is 9.84 Å². The van der Waals surface area contributed by atoms with E-state index in [1.54, 1.807) is 24.3 Å². The molecule has 0 saturated carbocycles. The predicted molar refractivity (Wildman–Crippen MR) is 66.7 cm³/mol. The van der Waals surface area contributed by atoms with Crippen molar-refractivity contribution in [2.45, 2.75) is 20.0 Å². The van der Waals surface area contributed by atoms with Gasteiger partial charge in [-0.25, -0.2) is 4.79 Å². The summed E-state index contributed by atoms with van der Waals surface area (Å²) in [6, 6.07) is 8.78. The van der Waals surface area contributed by atoms with Crippen LogP contribution in [0.15, 0.2) is 43.0 Å². The van der Waals surface area contributed by atoms with Crippen molar-refractivity contribution in [2.75, 3.05) is 6.61 Å². The topological polar surface area (TPSA) is 46.5 Å². The average Bonchev–Trinajstić information content (AvgIpc) is 2.36. The zero-order valence-corrected chi connectivity index (χ0v) is 10.2. The minimum Gasteiger partial charge on any atom is -0.461 e. The van der Waals surface area contributed by atoms with Crippen molar-refractivity contribution in [3.8, 4) is 0 Å². The number of aliphatic hydroxyl groups is 1. The van der Waals surface area contributed by atoms with Crippen molar-refractivity contribution >= 4 is 5.97 Å². The Balaban J connectivity index is 2.57. The molecule has 1 aromatic rings. The molecule has 92 valence electrons. The van der Waals surface area contributed by atoms with E-state index < -0.39 is 11.5 Å². The SMILES string of the molecule is C=C[C@H](O)C(C)(C)COC(=O)c1ccccc1. The lowest BCUT2D eigenvalue weighted by atomic mass is 9.87. The van der Waals surface area contributed by atoms with Crippen LogP contribution in [-0.2, 0) is 4.74 Å². The third kappa shape index (κ3) is 3.71. The lowest BCUT2D eigenvalue weighted by molar-refractivity contribution is 0.00421. The number of carbonyl (C=O) groups is 1. The number of esters is 1. The fraction of sp³-hybridized carbons (Fsp3) is 0.357. The predicted octanol–water partition coefficient (Wildman–Crippen LogP) is 2.42. The van der Waals surface area contributed by atoms with Crippen LogP contribution in [0.1, 0.15) is 24.2 Å². The van der Waals surface area contributed by atoms with Crippen LogP contribution >= 0.6 is 0 Å². The number of ether oxygens (including phenoxy) is 1. The van der Waals surface area contributed by atoms with E-state index in [4.69, 9.17) is 4.74 Å². The molecule has 0 heterocycles. The highest BCUT2D eigenvalue weighted by molar-refractivity contribution is 5.89. The molecule has 1 atom stereocenters. The maximum Gasteiger partial charge on any atom is 0.338 e. The fourth-order valence-corrected chi connectivity index (χ4v) is 1.31. The molecule has 1 aromatic carbocycles. The molecule has 1 rings (SSSR count). The molecule has 0 aromatic heterocycles. The Bertz CT molecular complexity index is 382. The summed E-state index contributed by atoms with van der Waals surface area (Å²) in [5, 5.41) is 9.66. The summed E-state index contributed by atoms with van der Waals surface area (Å²) in [5.74, 6) is -0.380. The lowest BCUT2D eigenvalue weighted by Gasteiger charge is -2.27. The smallest absolute Gasteiger partial charge is 0.338 e. The van der Waals surface area contributed by atoms with E-state index in [1.165, 1.54) is 6.08 Å². The Kier molecular flexibility index (Phi) is 4.46. The van der Waals surface area contributed by atoms with Crippen molar-refractivity contribution in [1.29, 1.82) is 0 Å². The largest absolute Gasteiger partial charge is 0.461 e. The monoisotopic (exact) mass is 234 g/mol. The molecule has 0 bridgehead atoms. The zero-order valence-electron chi connectivity index (χ0n) is 10.2. The molecule has 3 heteroatoms. The van der Waals surface area contributed by atoms with Gasteiger partial charge in [0.05, 0.1) is 18.3 Å². The van der Waals surface area contributed by atoms with E-state index in [0.717, 1.165) is 0 Å². The first-order valence-electron chi connectivity index (χ1n) is 5.50. The maximum absolute atomic E-state index is 11.7. The lowest BCUT2D eigenvalue weighted by Crippen LogP contribution is -2.33. The molecule has 0 aliphatic heterocycles. The first-order chi connectivity index (χ1) is 7.97. The summed E-state index contributed by atoms with van der Waals surface area (Å²) >= 11 is 0. The number of aliphatic hydroxyl groups excluding tert-OH is 1. The van der Waals surface area contributed by atoms with Gasteiger partial charge in [-0.15, -0.1) is 6.58 Å². The molecule has 0 spiro atoms. The molecule has 0 aliphatic carbocycles. The van der Waals surface area contributed by atoms with Gasteiger partial charge in [-0.05, 0) is 12.1 Å². The minimum absolute atomic E-state index is 0.147. The molecule has 0 saturated heterocycles. The average molecular weight is 234 g/mol. The molecule has 0 fully saturated rings. The number of rotatable bonds is 5. The molecule has 17 heavy (non-hydrogen) atoms. The molecular formula is C14H18O3. The van der Waals surface area contributed by atoms with Crippen LogP contribution in [0.3, 0.4) is 0 Å². The highest BCUT2D eigenvalue weighted by atomic mass is 16.5. The molecule has 0 radical (unpaired) electrons. The third-order valence-corrected chi connectivity index (χ3v) is 2.61. The van der Waals surface area contributed by atoms with Crippen molar-refractivity contribution in [1.82, 2.24) is 0 Å². The molecular weight excluding hydrogens is 216 g/mol. The summed E-state index contributed by atoms with van der Waals surface area (Å²) in [6.45, 7) is 7.30. The maximum atomic E-state index is 11.7. The number of benzene rings is 1. The fourth-order valence-electron chi connectivity index (χ4n) is 1.31. The van der Waals surface area contributed by atoms with E-state index in [-0.39, 0.29) is 12.6 Å². The Morgan fingerprint density at radius 2 is 2.06 bits per heavy atom. The summed E-state index contributed by atoms with van der Waals surface area (Å²) in [5.41, 5.74) is -0.0250. The second kappa shape index (κ2) is 5.64. The molecule has 3 nitrogen and oxygen atoms in total. The Hall–Kier alpha value is -1.61. The Morgan fingerprint density at radius 1 is 1.47 bits per heavy atom. The van der Waals surface area contributed by atoms with Crippen LogP contribution in [0.2, 0.25) is 0 Å². The van der Waals surface area contributed by atoms with Crippen LogP contribution in [0.4, 0.5) is 0 Å². The van der Waals surface area contributed by atoms with Gasteiger partial charge in [0, 0.05) is 5.41 Å². The van der Waals surface area contributed by atoms with Gasteiger partial charge in [0.2, 0.25) is 0 Å². The molecule has 1 N–H and O–H groups in total. The summed E-state index contributed by atoms with van der Waals surface area (Å²) < 4.78 is 5.17. The second-order valence-electron chi connectivity index (χ2n) is 4.61. The van der Waals surface area contributed by atoms with Crippen molar-refractivity contribution in [3.63, 3.8) is 0 Å². The first-order valence-corrected chi connectivity index (χ1v) is 5.50. The first kappa shape index (κ1) is 13.5. The van der Waals surface area contributed by atoms with E-state index in [2.05, 4.69) is 6.58 Å². The quantitative estimate of drug-likeness (QED) is 0.628. The Morgan fingerprint density at radius 3 is 2.59 bits per heavy atom. The minimum atomic E-state index is -0.703. The van der Waals surface area contributed by atoms with E-state index in [1.807, 2.05) is 19.9 Å². The summed E-state index contributed by atoms with van der Waals surface area (Å²) in [4.78, 5) is 11.7. The molecule has 0 amide bonds. The summed E-state index contributed by atoms with van der Waals surface area (Å²) in [7, 11) is 0. The third-order valence-electron chi connectivity index (χ3n) is 2.61. The molecule has 0 unspecified atom stereocenters. The highest BCUT2D eigenvalue weighted by Gasteiger charge is 2.27. The highest BCUT2D eigenvalue weighted by Crippen LogP contribution is 2.22. The normalized spacial score (nSPS) is 12.9.